The molecule has 0 saturated heterocycles. The van der Waals surface area contributed by atoms with Crippen molar-refractivity contribution in [2.75, 3.05) is 0 Å². The summed E-state index contributed by atoms with van der Waals surface area (Å²) in [6.45, 7) is 0. The van der Waals surface area contributed by atoms with Crippen LogP contribution >= 0.6 is 0 Å². The molecule has 0 aromatic heterocycles. The summed E-state index contributed by atoms with van der Waals surface area (Å²) in [6, 6.07) is 45.9. The molecule has 0 amide bonds. The normalized spacial score (nSPS) is 18.9. The standard InChI is InChI=1S/C35H26O2/c36-33-28-17-9-7-13-25(28)20-22-32(33)35(27-15-5-2-6-16-27)23-31(24-11-3-1-4-12-24)30-21-19-26-14-8-10-18-29(26)34(30)37-35/h1-22,31,36H,23H2/t31-,35+/m1/s1. The second-order valence-corrected chi connectivity index (χ2v) is 9.85. The van der Waals surface area contributed by atoms with Gasteiger partial charge in [-0.2, -0.15) is 0 Å². The van der Waals surface area contributed by atoms with E-state index in [4.69, 9.17) is 4.74 Å². The summed E-state index contributed by atoms with van der Waals surface area (Å²) in [4.78, 5) is 0. The van der Waals surface area contributed by atoms with Crippen molar-refractivity contribution in [3.63, 3.8) is 0 Å². The zero-order chi connectivity index (χ0) is 24.8. The molecule has 37 heavy (non-hydrogen) atoms. The van der Waals surface area contributed by atoms with Gasteiger partial charge in [-0.05, 0) is 16.3 Å². The molecule has 1 aliphatic rings. The summed E-state index contributed by atoms with van der Waals surface area (Å²) < 4.78 is 7.23. The lowest BCUT2D eigenvalue weighted by molar-refractivity contribution is 0.0774. The predicted octanol–water partition coefficient (Wildman–Crippen LogP) is 8.56. The molecule has 0 aliphatic carbocycles. The van der Waals surface area contributed by atoms with Crippen LogP contribution in [0.25, 0.3) is 21.5 Å². The zero-order valence-electron chi connectivity index (χ0n) is 20.3. The van der Waals surface area contributed by atoms with Gasteiger partial charge in [0.1, 0.15) is 11.5 Å². The summed E-state index contributed by atoms with van der Waals surface area (Å²) in [5.41, 5.74) is 3.35. The average Bonchev–Trinajstić information content (AvgIpc) is 2.98. The first kappa shape index (κ1) is 21.7. The molecule has 2 heteroatoms. The first-order chi connectivity index (χ1) is 18.2. The van der Waals surface area contributed by atoms with Gasteiger partial charge in [-0.1, -0.05) is 133 Å². The monoisotopic (exact) mass is 478 g/mol. The van der Waals surface area contributed by atoms with Crippen LogP contribution in [0.1, 0.15) is 34.6 Å². The van der Waals surface area contributed by atoms with E-state index in [-0.39, 0.29) is 11.7 Å². The minimum atomic E-state index is -0.882. The Hall–Kier alpha value is -4.56. The molecule has 2 atom stereocenters. The fourth-order valence-corrected chi connectivity index (χ4v) is 6.03. The average molecular weight is 479 g/mol. The lowest BCUT2D eigenvalue weighted by atomic mass is 9.71. The van der Waals surface area contributed by atoms with Crippen molar-refractivity contribution in [2.45, 2.75) is 17.9 Å². The fourth-order valence-electron chi connectivity index (χ4n) is 6.03. The van der Waals surface area contributed by atoms with E-state index in [0.717, 1.165) is 38.4 Å². The Bertz CT molecular complexity index is 1740. The van der Waals surface area contributed by atoms with E-state index in [0.29, 0.717) is 6.42 Å². The van der Waals surface area contributed by atoms with Crippen molar-refractivity contribution < 1.29 is 9.84 Å². The number of phenols is 1. The highest BCUT2D eigenvalue weighted by atomic mass is 16.5. The van der Waals surface area contributed by atoms with E-state index in [2.05, 4.69) is 97.1 Å². The maximum absolute atomic E-state index is 11.8. The SMILES string of the molecule is Oc1c([C@@]2(c3ccccc3)C[C@H](c3ccccc3)c3ccc4ccccc4c3O2)ccc2ccccc12. The van der Waals surface area contributed by atoms with E-state index in [9.17, 15) is 5.11 Å². The Morgan fingerprint density at radius 2 is 1.19 bits per heavy atom. The fraction of sp³-hybridized carbons (Fsp3) is 0.0857. The van der Waals surface area contributed by atoms with Crippen molar-refractivity contribution in [2.24, 2.45) is 0 Å². The highest BCUT2D eigenvalue weighted by Gasteiger charge is 2.46. The molecule has 7 rings (SSSR count). The van der Waals surface area contributed by atoms with Gasteiger partial charge in [0, 0.05) is 39.8 Å². The second-order valence-electron chi connectivity index (χ2n) is 9.85. The lowest BCUT2D eigenvalue weighted by Gasteiger charge is -2.44. The summed E-state index contributed by atoms with van der Waals surface area (Å²) >= 11 is 0. The molecule has 1 heterocycles. The topological polar surface area (TPSA) is 29.5 Å². The van der Waals surface area contributed by atoms with Crippen LogP contribution in [0.3, 0.4) is 0 Å². The molecule has 0 unspecified atom stereocenters. The molecule has 0 fully saturated rings. The molecular weight excluding hydrogens is 452 g/mol. The molecular formula is C35H26O2. The van der Waals surface area contributed by atoms with Gasteiger partial charge < -0.3 is 9.84 Å². The van der Waals surface area contributed by atoms with Gasteiger partial charge >= 0.3 is 0 Å². The van der Waals surface area contributed by atoms with Crippen molar-refractivity contribution >= 4 is 21.5 Å². The number of hydrogen-bond acceptors (Lipinski definition) is 2. The number of fused-ring (bicyclic) bond motifs is 4. The summed E-state index contributed by atoms with van der Waals surface area (Å²) in [5.74, 6) is 1.24. The molecule has 6 aromatic rings. The summed E-state index contributed by atoms with van der Waals surface area (Å²) in [7, 11) is 0. The largest absolute Gasteiger partial charge is 0.507 e. The van der Waals surface area contributed by atoms with Crippen molar-refractivity contribution in [1.82, 2.24) is 0 Å². The molecule has 1 N–H and O–H groups in total. The lowest BCUT2D eigenvalue weighted by Crippen LogP contribution is -2.40. The first-order valence-electron chi connectivity index (χ1n) is 12.8. The summed E-state index contributed by atoms with van der Waals surface area (Å²) in [5, 5.41) is 15.8. The second kappa shape index (κ2) is 8.53. The quantitative estimate of drug-likeness (QED) is 0.276. The van der Waals surface area contributed by atoms with Gasteiger partial charge in [0.25, 0.3) is 0 Å². The van der Waals surface area contributed by atoms with Gasteiger partial charge in [-0.25, -0.2) is 0 Å². The smallest absolute Gasteiger partial charge is 0.164 e. The minimum Gasteiger partial charge on any atom is -0.507 e. The van der Waals surface area contributed by atoms with E-state index >= 15 is 0 Å². The van der Waals surface area contributed by atoms with E-state index in [1.165, 1.54) is 11.1 Å². The van der Waals surface area contributed by atoms with Crippen molar-refractivity contribution in [3.05, 3.63) is 156 Å². The molecule has 0 radical (unpaired) electrons. The first-order valence-corrected chi connectivity index (χ1v) is 12.8. The van der Waals surface area contributed by atoms with Crippen LogP contribution in [0.4, 0.5) is 0 Å². The Labute approximate surface area is 216 Å². The highest BCUT2D eigenvalue weighted by molar-refractivity contribution is 5.92. The van der Waals surface area contributed by atoms with Crippen molar-refractivity contribution in [3.8, 4) is 11.5 Å². The molecule has 0 spiro atoms. The number of benzene rings is 6. The van der Waals surface area contributed by atoms with Crippen LogP contribution in [0.15, 0.2) is 133 Å². The Morgan fingerprint density at radius 1 is 0.595 bits per heavy atom. The predicted molar refractivity (Wildman–Crippen MR) is 150 cm³/mol. The minimum absolute atomic E-state index is 0.0839. The number of rotatable bonds is 3. The van der Waals surface area contributed by atoms with Gasteiger partial charge in [0.2, 0.25) is 0 Å². The maximum atomic E-state index is 11.8. The molecule has 0 saturated carbocycles. The number of aromatic hydroxyl groups is 1. The third-order valence-electron chi connectivity index (χ3n) is 7.83. The molecule has 6 aromatic carbocycles. The molecule has 2 nitrogen and oxygen atoms in total. The van der Waals surface area contributed by atoms with Crippen LogP contribution in [-0.4, -0.2) is 5.11 Å². The number of hydrogen-bond donors (Lipinski definition) is 1. The number of phenolic OH excluding ortho intramolecular Hbond substituents is 1. The molecule has 178 valence electrons. The maximum Gasteiger partial charge on any atom is 0.164 e. The van der Waals surface area contributed by atoms with Crippen LogP contribution in [0, 0.1) is 0 Å². The number of ether oxygens (including phenoxy) is 1. The van der Waals surface area contributed by atoms with Crippen LogP contribution in [0.2, 0.25) is 0 Å². The Morgan fingerprint density at radius 3 is 1.95 bits per heavy atom. The highest BCUT2D eigenvalue weighted by Crippen LogP contribution is 2.55. The van der Waals surface area contributed by atoms with Gasteiger partial charge in [0.05, 0.1) is 0 Å². The van der Waals surface area contributed by atoms with Crippen molar-refractivity contribution in [1.29, 1.82) is 0 Å². The third kappa shape index (κ3) is 3.41. The van der Waals surface area contributed by atoms with Gasteiger partial charge in [-0.15, -0.1) is 0 Å². The summed E-state index contributed by atoms with van der Waals surface area (Å²) in [6.07, 6.45) is 0.665. The van der Waals surface area contributed by atoms with Gasteiger partial charge in [0.15, 0.2) is 5.60 Å². The zero-order valence-corrected chi connectivity index (χ0v) is 20.3. The molecule has 0 bridgehead atoms. The van der Waals surface area contributed by atoms with E-state index in [1.807, 2.05) is 36.4 Å². The van der Waals surface area contributed by atoms with Crippen LogP contribution in [0.5, 0.6) is 11.5 Å². The van der Waals surface area contributed by atoms with E-state index in [1.54, 1.807) is 0 Å². The van der Waals surface area contributed by atoms with Crippen LogP contribution < -0.4 is 4.74 Å². The molecule has 1 aliphatic heterocycles. The Kier molecular flexibility index (Phi) is 5.00. The van der Waals surface area contributed by atoms with E-state index < -0.39 is 5.60 Å². The van der Waals surface area contributed by atoms with Crippen LogP contribution in [-0.2, 0) is 5.60 Å². The Balaban J connectivity index is 1.57. The van der Waals surface area contributed by atoms with Gasteiger partial charge in [-0.3, -0.25) is 0 Å². The third-order valence-corrected chi connectivity index (χ3v) is 7.83.